The number of ketones is 1. The second-order valence-corrected chi connectivity index (χ2v) is 10.7. The molecule has 1 aliphatic carbocycles. The Bertz CT molecular complexity index is 1260. The van der Waals surface area contributed by atoms with E-state index in [1.807, 2.05) is 25.1 Å². The van der Waals surface area contributed by atoms with Crippen molar-refractivity contribution in [2.24, 2.45) is 0 Å². The van der Waals surface area contributed by atoms with E-state index in [1.54, 1.807) is 24.3 Å². The number of Topliss-reactive ketones (excluding diaryl/α,β-unsaturated/α-hetero) is 1. The van der Waals surface area contributed by atoms with Gasteiger partial charge in [-0.05, 0) is 69.3 Å². The van der Waals surface area contributed by atoms with Crippen LogP contribution in [0.1, 0.15) is 75.0 Å². The minimum atomic E-state index is -0.789. The summed E-state index contributed by atoms with van der Waals surface area (Å²) in [6.07, 6.45) is 4.98. The largest absolute Gasteiger partial charge is 0.340 e. The van der Waals surface area contributed by atoms with Crippen molar-refractivity contribution in [1.82, 2.24) is 15.6 Å². The topological polar surface area (TPSA) is 71.1 Å². The maximum Gasteiger partial charge on any atom is 0.252 e. The van der Waals surface area contributed by atoms with Crippen LogP contribution in [0.4, 0.5) is 4.39 Å². The van der Waals surface area contributed by atoms with E-state index < -0.39 is 17.8 Å². The normalized spacial score (nSPS) is 18.8. The summed E-state index contributed by atoms with van der Waals surface area (Å²) in [6.45, 7) is 4.40. The quantitative estimate of drug-likeness (QED) is 0.424. The minimum absolute atomic E-state index is 0.188. The molecule has 2 unspecified atom stereocenters. The third-order valence-electron chi connectivity index (χ3n) is 6.92. The van der Waals surface area contributed by atoms with E-state index in [2.05, 4.69) is 16.7 Å². The highest BCUT2D eigenvalue weighted by Gasteiger charge is 2.37. The first-order chi connectivity index (χ1) is 16.9. The Morgan fingerprint density at radius 1 is 1.11 bits per heavy atom. The second-order valence-electron chi connectivity index (χ2n) is 9.66. The minimum Gasteiger partial charge on any atom is -0.340 e. The van der Waals surface area contributed by atoms with Crippen LogP contribution in [0.15, 0.2) is 42.5 Å². The molecule has 0 spiro atoms. The van der Waals surface area contributed by atoms with Gasteiger partial charge in [-0.25, -0.2) is 9.37 Å². The zero-order valence-electron chi connectivity index (χ0n) is 20.1. The first-order valence-corrected chi connectivity index (χ1v) is 13.2. The molecule has 35 heavy (non-hydrogen) atoms. The van der Waals surface area contributed by atoms with Gasteiger partial charge in [-0.15, -0.1) is 11.3 Å². The number of rotatable bonds is 7. The third-order valence-corrected chi connectivity index (χ3v) is 8.18. The van der Waals surface area contributed by atoms with Crippen molar-refractivity contribution in [3.63, 3.8) is 0 Å². The fourth-order valence-corrected chi connectivity index (χ4v) is 5.96. The summed E-state index contributed by atoms with van der Waals surface area (Å²) in [4.78, 5) is 33.1. The van der Waals surface area contributed by atoms with Crippen molar-refractivity contribution < 1.29 is 14.0 Å². The number of piperidine rings is 1. The van der Waals surface area contributed by atoms with Crippen molar-refractivity contribution in [3.8, 4) is 10.4 Å². The number of hydrogen-bond donors (Lipinski definition) is 2. The number of nitrogens with one attached hydrogen (secondary N) is 2. The predicted molar refractivity (Wildman–Crippen MR) is 137 cm³/mol. The molecule has 5 nitrogen and oxygen atoms in total. The van der Waals surface area contributed by atoms with Crippen molar-refractivity contribution in [2.45, 2.75) is 64.0 Å². The lowest BCUT2D eigenvalue weighted by Gasteiger charge is -2.31. The van der Waals surface area contributed by atoms with E-state index in [0.29, 0.717) is 11.6 Å². The molecule has 3 aromatic rings. The predicted octanol–water partition coefficient (Wildman–Crippen LogP) is 5.57. The first kappa shape index (κ1) is 23.8. The maximum absolute atomic E-state index is 14.1. The van der Waals surface area contributed by atoms with Gasteiger partial charge in [-0.2, -0.15) is 0 Å². The van der Waals surface area contributed by atoms with Gasteiger partial charge in [0.2, 0.25) is 5.78 Å². The Morgan fingerprint density at radius 2 is 1.91 bits per heavy atom. The molecule has 2 heterocycles. The van der Waals surface area contributed by atoms with E-state index in [4.69, 9.17) is 4.98 Å². The fourth-order valence-electron chi connectivity index (χ4n) is 4.72. The molecule has 0 bridgehead atoms. The zero-order chi connectivity index (χ0) is 24.5. The van der Waals surface area contributed by atoms with Gasteiger partial charge in [0.25, 0.3) is 5.91 Å². The van der Waals surface area contributed by atoms with Gasteiger partial charge < -0.3 is 10.6 Å². The van der Waals surface area contributed by atoms with Crippen LogP contribution in [-0.4, -0.2) is 35.3 Å². The molecule has 2 fully saturated rings. The van der Waals surface area contributed by atoms with E-state index in [9.17, 15) is 14.0 Å². The molecular weight excluding hydrogens is 461 g/mol. The standard InChI is InChI=1S/C28H30FN3O2S/c1-16-7-5-8-19(15-16)26-24(32-28(35-26)18-12-13-18)25(33)23(22-11-3-4-14-30-22)31-27(34)20-9-6-10-21(29)17(20)2/h5-10,15,18,22-23,30H,3-4,11-14H2,1-2H3,(H,31,34). The summed E-state index contributed by atoms with van der Waals surface area (Å²) >= 11 is 1.59. The number of amides is 1. The number of carbonyl (C=O) groups is 2. The van der Waals surface area contributed by atoms with Crippen LogP contribution < -0.4 is 10.6 Å². The summed E-state index contributed by atoms with van der Waals surface area (Å²) in [5.41, 5.74) is 3.03. The molecule has 2 aromatic carbocycles. The van der Waals surface area contributed by atoms with Gasteiger partial charge >= 0.3 is 0 Å². The highest BCUT2D eigenvalue weighted by atomic mass is 32.1. The van der Waals surface area contributed by atoms with E-state index in [1.165, 1.54) is 12.1 Å². The van der Waals surface area contributed by atoms with Gasteiger partial charge in [0.15, 0.2) is 0 Å². The molecule has 2 atom stereocenters. The number of hydrogen-bond acceptors (Lipinski definition) is 5. The molecule has 2 aliphatic rings. The Morgan fingerprint density at radius 3 is 2.63 bits per heavy atom. The molecule has 1 saturated carbocycles. The Hall–Kier alpha value is -2.90. The number of aryl methyl sites for hydroxylation is 1. The van der Waals surface area contributed by atoms with Crippen LogP contribution in [-0.2, 0) is 0 Å². The molecule has 1 aromatic heterocycles. The van der Waals surface area contributed by atoms with E-state index in [-0.39, 0.29) is 23.0 Å². The number of carbonyl (C=O) groups excluding carboxylic acids is 2. The highest BCUT2D eigenvalue weighted by Crippen LogP contribution is 2.45. The van der Waals surface area contributed by atoms with Gasteiger partial charge in [0.1, 0.15) is 17.6 Å². The molecule has 0 radical (unpaired) electrons. The maximum atomic E-state index is 14.1. The van der Waals surface area contributed by atoms with Crippen LogP contribution in [0.2, 0.25) is 0 Å². The summed E-state index contributed by atoms with van der Waals surface area (Å²) in [5.74, 6) is -0.651. The Labute approximate surface area is 209 Å². The second kappa shape index (κ2) is 9.99. The highest BCUT2D eigenvalue weighted by molar-refractivity contribution is 7.15. The zero-order valence-corrected chi connectivity index (χ0v) is 20.9. The number of thiazole rings is 1. The van der Waals surface area contributed by atoms with Gasteiger partial charge in [-0.1, -0.05) is 42.3 Å². The summed E-state index contributed by atoms with van der Waals surface area (Å²) in [6, 6.07) is 11.6. The first-order valence-electron chi connectivity index (χ1n) is 12.3. The number of benzene rings is 2. The fraction of sp³-hybridized carbons (Fsp3) is 0.393. The van der Waals surface area contributed by atoms with Gasteiger partial charge in [0, 0.05) is 17.5 Å². The van der Waals surface area contributed by atoms with Crippen molar-refractivity contribution in [1.29, 1.82) is 0 Å². The Kier molecular flexibility index (Phi) is 6.80. The monoisotopic (exact) mass is 491 g/mol. The molecule has 5 rings (SSSR count). The van der Waals surface area contributed by atoms with Crippen LogP contribution in [0.3, 0.4) is 0 Å². The smallest absolute Gasteiger partial charge is 0.252 e. The average Bonchev–Trinajstić information content (AvgIpc) is 3.62. The lowest BCUT2D eigenvalue weighted by molar-refractivity contribution is 0.0822. The summed E-state index contributed by atoms with van der Waals surface area (Å²) in [7, 11) is 0. The summed E-state index contributed by atoms with van der Waals surface area (Å²) < 4.78 is 14.1. The molecule has 1 amide bonds. The lowest BCUT2D eigenvalue weighted by atomic mass is 9.92. The van der Waals surface area contributed by atoms with Crippen LogP contribution in [0.25, 0.3) is 10.4 Å². The number of aromatic nitrogens is 1. The van der Waals surface area contributed by atoms with Gasteiger partial charge in [0.05, 0.1) is 9.88 Å². The third kappa shape index (κ3) is 5.07. The molecular formula is C28H30FN3O2S. The van der Waals surface area contributed by atoms with Gasteiger partial charge in [-0.3, -0.25) is 9.59 Å². The van der Waals surface area contributed by atoms with Crippen molar-refractivity contribution >= 4 is 23.0 Å². The lowest BCUT2D eigenvalue weighted by Crippen LogP contribution is -2.56. The van der Waals surface area contributed by atoms with Crippen molar-refractivity contribution in [3.05, 3.63) is 75.7 Å². The SMILES string of the molecule is Cc1cccc(-c2sc(C3CC3)nc2C(=O)C(NC(=O)c2cccc(F)c2C)C2CCCCN2)c1. The number of halogens is 1. The molecule has 7 heteroatoms. The average molecular weight is 492 g/mol. The van der Waals surface area contributed by atoms with Crippen molar-refractivity contribution in [2.75, 3.05) is 6.54 Å². The van der Waals surface area contributed by atoms with E-state index in [0.717, 1.165) is 59.7 Å². The molecule has 182 valence electrons. The van der Waals surface area contributed by atoms with Crippen LogP contribution in [0.5, 0.6) is 0 Å². The summed E-state index contributed by atoms with van der Waals surface area (Å²) in [5, 5.41) is 7.38. The van der Waals surface area contributed by atoms with Crippen LogP contribution >= 0.6 is 11.3 Å². The molecule has 2 N–H and O–H groups in total. The molecule has 1 saturated heterocycles. The number of nitrogens with zero attached hydrogens (tertiary/aromatic N) is 1. The van der Waals surface area contributed by atoms with E-state index >= 15 is 0 Å². The van der Waals surface area contributed by atoms with Crippen LogP contribution in [0, 0.1) is 19.7 Å². The molecule has 1 aliphatic heterocycles. The Balaban J connectivity index is 1.52.